The summed E-state index contributed by atoms with van der Waals surface area (Å²) in [6, 6.07) is 2.90. The average Bonchev–Trinajstić information content (AvgIpc) is 2.37. The number of halogens is 1. The third-order valence-electron chi connectivity index (χ3n) is 3.18. The van der Waals surface area contributed by atoms with Gasteiger partial charge < -0.3 is 11.1 Å². The fourth-order valence-corrected chi connectivity index (χ4v) is 1.44. The number of hydrogen-bond acceptors (Lipinski definition) is 4. The van der Waals surface area contributed by atoms with Crippen LogP contribution in [0.2, 0.25) is 0 Å². The highest BCUT2D eigenvalue weighted by molar-refractivity contribution is 5.97. The molecule has 3 N–H and O–H groups in total. The highest BCUT2D eigenvalue weighted by Gasteiger charge is 2.31. The first-order valence-electron chi connectivity index (χ1n) is 5.79. The Balaban J connectivity index is 3.08. The molecule has 0 bridgehead atoms. The molecule has 1 amide bonds. The molecular formula is C12H16FN3O3. The number of carbonyl (C=O) groups excluding carboxylic acids is 1. The molecule has 0 aliphatic rings. The Morgan fingerprint density at radius 3 is 2.68 bits per heavy atom. The van der Waals surface area contributed by atoms with E-state index in [1.165, 1.54) is 0 Å². The Morgan fingerprint density at radius 1 is 1.58 bits per heavy atom. The van der Waals surface area contributed by atoms with E-state index in [9.17, 15) is 19.3 Å². The molecule has 0 spiro atoms. The first kappa shape index (κ1) is 15.0. The van der Waals surface area contributed by atoms with Crippen molar-refractivity contribution in [3.63, 3.8) is 0 Å². The van der Waals surface area contributed by atoms with Crippen LogP contribution in [0.5, 0.6) is 0 Å². The number of rotatable bonds is 5. The Morgan fingerprint density at radius 2 is 2.21 bits per heavy atom. The van der Waals surface area contributed by atoms with E-state index in [1.54, 1.807) is 13.8 Å². The third kappa shape index (κ3) is 3.25. The maximum absolute atomic E-state index is 13.1. The highest BCUT2D eigenvalue weighted by Crippen LogP contribution is 2.28. The molecular weight excluding hydrogens is 253 g/mol. The minimum atomic E-state index is -0.847. The zero-order valence-corrected chi connectivity index (χ0v) is 10.8. The smallest absolute Gasteiger partial charge is 0.292 e. The SMILES string of the molecule is CCC(C)(CN)C(=O)Nc1cc(F)ccc1[N+](=O)[O-]. The van der Waals surface area contributed by atoms with Crippen molar-refractivity contribution < 1.29 is 14.1 Å². The molecule has 104 valence electrons. The van der Waals surface area contributed by atoms with Crippen LogP contribution >= 0.6 is 0 Å². The summed E-state index contributed by atoms with van der Waals surface area (Å²) in [5.41, 5.74) is 4.16. The van der Waals surface area contributed by atoms with E-state index in [-0.39, 0.29) is 17.9 Å². The monoisotopic (exact) mass is 269 g/mol. The topological polar surface area (TPSA) is 98.3 Å². The molecule has 0 saturated heterocycles. The number of amides is 1. The number of benzene rings is 1. The Hall–Kier alpha value is -2.02. The summed E-state index contributed by atoms with van der Waals surface area (Å²) >= 11 is 0. The standard InChI is InChI=1S/C12H16FN3O3/c1-3-12(2,7-14)11(17)15-9-6-8(13)4-5-10(9)16(18)19/h4-6H,3,7,14H2,1-2H3,(H,15,17). The van der Waals surface area contributed by atoms with Crippen LogP contribution in [0, 0.1) is 21.3 Å². The first-order valence-corrected chi connectivity index (χ1v) is 5.79. The normalized spacial score (nSPS) is 13.7. The van der Waals surface area contributed by atoms with Crippen LogP contribution in [-0.4, -0.2) is 17.4 Å². The quantitative estimate of drug-likeness (QED) is 0.631. The van der Waals surface area contributed by atoms with Crippen molar-refractivity contribution in [2.45, 2.75) is 20.3 Å². The predicted molar refractivity (Wildman–Crippen MR) is 69.1 cm³/mol. The third-order valence-corrected chi connectivity index (χ3v) is 3.18. The van der Waals surface area contributed by atoms with E-state index in [0.717, 1.165) is 18.2 Å². The van der Waals surface area contributed by atoms with Gasteiger partial charge in [0.25, 0.3) is 5.69 Å². The lowest BCUT2D eigenvalue weighted by Crippen LogP contribution is -2.39. The Labute approximate surface area is 109 Å². The zero-order chi connectivity index (χ0) is 14.6. The summed E-state index contributed by atoms with van der Waals surface area (Å²) < 4.78 is 13.1. The summed E-state index contributed by atoms with van der Waals surface area (Å²) in [6.07, 6.45) is 0.471. The molecule has 1 rings (SSSR count). The number of nitrogens with one attached hydrogen (secondary N) is 1. The first-order chi connectivity index (χ1) is 8.84. The van der Waals surface area contributed by atoms with Crippen molar-refractivity contribution in [3.8, 4) is 0 Å². The van der Waals surface area contributed by atoms with Crippen molar-refractivity contribution >= 4 is 17.3 Å². The van der Waals surface area contributed by atoms with E-state index in [0.29, 0.717) is 6.42 Å². The largest absolute Gasteiger partial charge is 0.329 e. The summed E-state index contributed by atoms with van der Waals surface area (Å²) in [6.45, 7) is 3.53. The summed E-state index contributed by atoms with van der Waals surface area (Å²) in [7, 11) is 0. The lowest BCUT2D eigenvalue weighted by atomic mass is 9.86. The summed E-state index contributed by atoms with van der Waals surface area (Å²) in [5.74, 6) is -1.13. The van der Waals surface area contributed by atoms with Gasteiger partial charge in [-0.25, -0.2) is 4.39 Å². The van der Waals surface area contributed by atoms with E-state index >= 15 is 0 Å². The summed E-state index contributed by atoms with van der Waals surface area (Å²) in [4.78, 5) is 22.2. The molecule has 0 saturated carbocycles. The van der Waals surface area contributed by atoms with E-state index in [1.807, 2.05) is 0 Å². The zero-order valence-electron chi connectivity index (χ0n) is 10.8. The van der Waals surface area contributed by atoms with Crippen LogP contribution in [0.1, 0.15) is 20.3 Å². The maximum Gasteiger partial charge on any atom is 0.292 e. The molecule has 0 aromatic heterocycles. The molecule has 1 aromatic carbocycles. The van der Waals surface area contributed by atoms with Crippen molar-refractivity contribution in [1.29, 1.82) is 0 Å². The number of nitrogens with zero attached hydrogens (tertiary/aromatic N) is 1. The maximum atomic E-state index is 13.1. The van der Waals surface area contributed by atoms with Gasteiger partial charge in [-0.15, -0.1) is 0 Å². The van der Waals surface area contributed by atoms with E-state index in [2.05, 4.69) is 5.32 Å². The van der Waals surface area contributed by atoms with Gasteiger partial charge in [0.1, 0.15) is 11.5 Å². The number of carbonyl (C=O) groups is 1. The number of hydrogen-bond donors (Lipinski definition) is 2. The van der Waals surface area contributed by atoms with Crippen molar-refractivity contribution in [3.05, 3.63) is 34.1 Å². The molecule has 0 radical (unpaired) electrons. The van der Waals surface area contributed by atoms with Crippen molar-refractivity contribution in [1.82, 2.24) is 0 Å². The summed E-state index contributed by atoms with van der Waals surface area (Å²) in [5, 5.41) is 13.2. The van der Waals surface area contributed by atoms with Crippen molar-refractivity contribution in [2.24, 2.45) is 11.1 Å². The van der Waals surface area contributed by atoms with Gasteiger partial charge in [-0.1, -0.05) is 6.92 Å². The molecule has 6 nitrogen and oxygen atoms in total. The van der Waals surface area contributed by atoms with Crippen molar-refractivity contribution in [2.75, 3.05) is 11.9 Å². The molecule has 0 heterocycles. The van der Waals surface area contributed by atoms with Crippen LogP contribution in [0.3, 0.4) is 0 Å². The van der Waals surface area contributed by atoms with Gasteiger partial charge in [0.15, 0.2) is 0 Å². The van der Waals surface area contributed by atoms with Gasteiger partial charge in [-0.2, -0.15) is 0 Å². The number of anilines is 1. The lowest BCUT2D eigenvalue weighted by Gasteiger charge is -2.24. The minimum Gasteiger partial charge on any atom is -0.329 e. The average molecular weight is 269 g/mol. The van der Waals surface area contributed by atoms with Gasteiger partial charge in [0.2, 0.25) is 5.91 Å². The number of nitro benzene ring substituents is 1. The molecule has 0 aliphatic heterocycles. The van der Waals surface area contributed by atoms with Crippen LogP contribution < -0.4 is 11.1 Å². The second-order valence-corrected chi connectivity index (χ2v) is 4.49. The number of nitro groups is 1. The minimum absolute atomic E-state index is 0.0957. The van der Waals surface area contributed by atoms with Gasteiger partial charge in [-0.3, -0.25) is 14.9 Å². The fraction of sp³-hybridized carbons (Fsp3) is 0.417. The van der Waals surface area contributed by atoms with Crippen LogP contribution in [0.25, 0.3) is 0 Å². The fourth-order valence-electron chi connectivity index (χ4n) is 1.44. The lowest BCUT2D eigenvalue weighted by molar-refractivity contribution is -0.384. The van der Waals surface area contributed by atoms with E-state index in [4.69, 9.17) is 5.73 Å². The Kier molecular flexibility index (Phi) is 4.55. The van der Waals surface area contributed by atoms with Crippen LogP contribution in [0.15, 0.2) is 18.2 Å². The number of nitrogens with two attached hydrogens (primary N) is 1. The van der Waals surface area contributed by atoms with E-state index < -0.39 is 22.1 Å². The second kappa shape index (κ2) is 5.75. The molecule has 1 atom stereocenters. The van der Waals surface area contributed by atoms with Crippen LogP contribution in [-0.2, 0) is 4.79 Å². The predicted octanol–water partition coefficient (Wildman–Crippen LogP) is 2.05. The molecule has 1 aromatic rings. The van der Waals surface area contributed by atoms with Gasteiger partial charge in [0, 0.05) is 18.7 Å². The van der Waals surface area contributed by atoms with Gasteiger partial charge >= 0.3 is 0 Å². The molecule has 1 unspecified atom stereocenters. The molecule has 0 fully saturated rings. The highest BCUT2D eigenvalue weighted by atomic mass is 19.1. The van der Waals surface area contributed by atoms with Crippen LogP contribution in [0.4, 0.5) is 15.8 Å². The van der Waals surface area contributed by atoms with Gasteiger partial charge in [-0.05, 0) is 19.4 Å². The Bertz CT molecular complexity index is 501. The molecule has 7 heteroatoms. The molecule has 19 heavy (non-hydrogen) atoms. The second-order valence-electron chi connectivity index (χ2n) is 4.49. The molecule has 0 aliphatic carbocycles. The van der Waals surface area contributed by atoms with Gasteiger partial charge in [0.05, 0.1) is 10.3 Å².